The molecule has 28 heavy (non-hydrogen) atoms. The van der Waals surface area contributed by atoms with Crippen LogP contribution in [-0.2, 0) is 26.0 Å². The van der Waals surface area contributed by atoms with Crippen molar-refractivity contribution in [3.05, 3.63) is 29.8 Å². The summed E-state index contributed by atoms with van der Waals surface area (Å²) in [5, 5.41) is 9.41. The number of amides is 1. The van der Waals surface area contributed by atoms with Crippen molar-refractivity contribution in [2.75, 3.05) is 26.2 Å². The molecule has 7 nitrogen and oxygen atoms in total. The molecule has 1 saturated carbocycles. The van der Waals surface area contributed by atoms with Crippen molar-refractivity contribution in [1.29, 1.82) is 0 Å². The Balaban J connectivity index is 1.64. The molecule has 1 aliphatic heterocycles. The Morgan fingerprint density at radius 2 is 1.57 bits per heavy atom. The Morgan fingerprint density at radius 1 is 1.00 bits per heavy atom. The molecule has 1 aromatic rings. The molecular formula is C20H28N2O5S. The topological polar surface area (TPSA) is 95.0 Å². The van der Waals surface area contributed by atoms with E-state index < -0.39 is 27.8 Å². The number of aryl methyl sites for hydroxylation is 1. The van der Waals surface area contributed by atoms with Gasteiger partial charge in [-0.3, -0.25) is 9.59 Å². The van der Waals surface area contributed by atoms with E-state index >= 15 is 0 Å². The number of aliphatic carboxylic acids is 1. The van der Waals surface area contributed by atoms with Crippen LogP contribution < -0.4 is 0 Å². The number of carboxylic acid groups (broad SMARTS) is 1. The van der Waals surface area contributed by atoms with Gasteiger partial charge in [0.05, 0.1) is 16.7 Å². The van der Waals surface area contributed by atoms with Gasteiger partial charge in [0.25, 0.3) is 0 Å². The lowest BCUT2D eigenvalue weighted by atomic mass is 9.78. The number of hydrogen-bond donors (Lipinski definition) is 1. The molecule has 1 amide bonds. The first-order chi connectivity index (χ1) is 13.3. The fourth-order valence-corrected chi connectivity index (χ4v) is 5.57. The van der Waals surface area contributed by atoms with Crippen molar-refractivity contribution in [1.82, 2.24) is 9.21 Å². The van der Waals surface area contributed by atoms with Crippen molar-refractivity contribution >= 4 is 21.9 Å². The van der Waals surface area contributed by atoms with Crippen LogP contribution in [0, 0.1) is 11.8 Å². The van der Waals surface area contributed by atoms with Crippen LogP contribution in [0.5, 0.6) is 0 Å². The van der Waals surface area contributed by atoms with Gasteiger partial charge in [0.1, 0.15) is 0 Å². The van der Waals surface area contributed by atoms with Crippen LogP contribution in [0.15, 0.2) is 29.2 Å². The highest BCUT2D eigenvalue weighted by atomic mass is 32.2. The minimum Gasteiger partial charge on any atom is -0.481 e. The van der Waals surface area contributed by atoms with Crippen molar-refractivity contribution in [2.45, 2.75) is 43.9 Å². The normalized spacial score (nSPS) is 24.1. The van der Waals surface area contributed by atoms with E-state index in [1.807, 2.05) is 19.1 Å². The smallest absolute Gasteiger partial charge is 0.307 e. The van der Waals surface area contributed by atoms with Crippen LogP contribution in [0.3, 0.4) is 0 Å². The van der Waals surface area contributed by atoms with E-state index in [4.69, 9.17) is 0 Å². The number of carbonyl (C=O) groups is 2. The Kier molecular flexibility index (Phi) is 6.40. The fraction of sp³-hybridized carbons (Fsp3) is 0.600. The van der Waals surface area contributed by atoms with E-state index in [2.05, 4.69) is 0 Å². The summed E-state index contributed by atoms with van der Waals surface area (Å²) in [7, 11) is -3.58. The predicted molar refractivity (Wildman–Crippen MR) is 104 cm³/mol. The van der Waals surface area contributed by atoms with Crippen LogP contribution in [0.4, 0.5) is 0 Å². The molecule has 2 aliphatic rings. The van der Waals surface area contributed by atoms with Crippen LogP contribution in [-0.4, -0.2) is 60.8 Å². The first-order valence-electron chi connectivity index (χ1n) is 9.95. The molecule has 2 unspecified atom stereocenters. The minimum absolute atomic E-state index is 0.142. The van der Waals surface area contributed by atoms with Crippen LogP contribution in [0.2, 0.25) is 0 Å². The molecule has 2 fully saturated rings. The monoisotopic (exact) mass is 408 g/mol. The molecule has 8 heteroatoms. The number of sulfonamides is 1. The fourth-order valence-electron chi connectivity index (χ4n) is 4.15. The molecule has 1 saturated heterocycles. The van der Waals surface area contributed by atoms with Crippen molar-refractivity contribution in [3.8, 4) is 0 Å². The molecule has 154 valence electrons. The van der Waals surface area contributed by atoms with Crippen molar-refractivity contribution in [2.24, 2.45) is 11.8 Å². The molecule has 0 aromatic heterocycles. The second kappa shape index (κ2) is 8.61. The lowest BCUT2D eigenvalue weighted by Crippen LogP contribution is -2.53. The minimum atomic E-state index is -3.58. The Labute approximate surface area is 166 Å². The number of rotatable bonds is 5. The first-order valence-corrected chi connectivity index (χ1v) is 11.4. The highest BCUT2D eigenvalue weighted by Gasteiger charge is 2.39. The third-order valence-electron chi connectivity index (χ3n) is 5.92. The van der Waals surface area contributed by atoms with Gasteiger partial charge < -0.3 is 10.0 Å². The lowest BCUT2D eigenvalue weighted by Gasteiger charge is -2.38. The maximum Gasteiger partial charge on any atom is 0.307 e. The summed E-state index contributed by atoms with van der Waals surface area (Å²) in [6, 6.07) is 6.90. The number of carboxylic acids is 1. The number of piperazine rings is 1. The third-order valence-corrected chi connectivity index (χ3v) is 7.83. The lowest BCUT2D eigenvalue weighted by molar-refractivity contribution is -0.152. The molecule has 3 rings (SSSR count). The van der Waals surface area contributed by atoms with Crippen molar-refractivity contribution < 1.29 is 23.1 Å². The predicted octanol–water partition coefficient (Wildman–Crippen LogP) is 1.97. The van der Waals surface area contributed by atoms with E-state index in [0.29, 0.717) is 25.9 Å². The van der Waals surface area contributed by atoms with E-state index in [1.165, 1.54) is 4.31 Å². The maximum absolute atomic E-state index is 12.9. The first kappa shape index (κ1) is 20.8. The third kappa shape index (κ3) is 4.22. The summed E-state index contributed by atoms with van der Waals surface area (Å²) in [5.74, 6) is -2.16. The standard InChI is InChI=1S/C20H28N2O5S/c1-2-15-7-9-16(10-8-15)28(26,27)22-13-11-21(12-14-22)19(23)17-5-3-4-6-18(17)20(24)25/h7-10,17-18H,2-6,11-14H2,1H3,(H,24,25). The largest absolute Gasteiger partial charge is 0.481 e. The molecule has 0 spiro atoms. The number of nitrogens with zero attached hydrogens (tertiary/aromatic N) is 2. The molecule has 1 aromatic carbocycles. The van der Waals surface area contributed by atoms with Crippen LogP contribution in [0.1, 0.15) is 38.2 Å². The molecule has 1 heterocycles. The zero-order valence-electron chi connectivity index (χ0n) is 16.2. The average Bonchev–Trinajstić information content (AvgIpc) is 2.73. The van der Waals surface area contributed by atoms with Gasteiger partial charge in [0, 0.05) is 26.2 Å². The summed E-state index contributed by atoms with van der Waals surface area (Å²) in [4.78, 5) is 26.2. The summed E-state index contributed by atoms with van der Waals surface area (Å²) in [5.41, 5.74) is 1.08. The highest BCUT2D eigenvalue weighted by Crippen LogP contribution is 2.32. The van der Waals surface area contributed by atoms with Gasteiger partial charge in [0.2, 0.25) is 15.9 Å². The SMILES string of the molecule is CCc1ccc(S(=O)(=O)N2CCN(C(=O)C3CCCCC3C(=O)O)CC2)cc1. The van der Waals surface area contributed by atoms with Gasteiger partial charge in [-0.25, -0.2) is 8.42 Å². The molecule has 1 aliphatic carbocycles. The van der Waals surface area contributed by atoms with Gasteiger partial charge in [-0.1, -0.05) is 31.9 Å². The Bertz CT molecular complexity index is 814. The summed E-state index contributed by atoms with van der Waals surface area (Å²) < 4.78 is 27.1. The van der Waals surface area contributed by atoms with Gasteiger partial charge in [-0.05, 0) is 37.0 Å². The average molecular weight is 409 g/mol. The maximum atomic E-state index is 12.9. The zero-order valence-corrected chi connectivity index (χ0v) is 17.0. The molecule has 1 N–H and O–H groups in total. The van der Waals surface area contributed by atoms with Gasteiger partial charge in [-0.15, -0.1) is 0 Å². The Morgan fingerprint density at radius 3 is 2.11 bits per heavy atom. The zero-order chi connectivity index (χ0) is 20.3. The summed E-state index contributed by atoms with van der Waals surface area (Å²) in [6.07, 6.45) is 3.68. The molecular weight excluding hydrogens is 380 g/mol. The molecule has 2 atom stereocenters. The number of carbonyl (C=O) groups excluding carboxylic acids is 1. The van der Waals surface area contributed by atoms with Crippen molar-refractivity contribution in [3.63, 3.8) is 0 Å². The second-order valence-electron chi connectivity index (χ2n) is 7.56. The number of hydrogen-bond acceptors (Lipinski definition) is 4. The molecule has 0 radical (unpaired) electrons. The van der Waals surface area contributed by atoms with E-state index in [1.54, 1.807) is 17.0 Å². The molecule has 0 bridgehead atoms. The van der Waals surface area contributed by atoms with E-state index in [0.717, 1.165) is 24.8 Å². The van der Waals surface area contributed by atoms with Gasteiger partial charge in [-0.2, -0.15) is 4.31 Å². The van der Waals surface area contributed by atoms with Gasteiger partial charge in [0.15, 0.2) is 0 Å². The summed E-state index contributed by atoms with van der Waals surface area (Å²) in [6.45, 7) is 3.07. The van der Waals surface area contributed by atoms with Crippen LogP contribution in [0.25, 0.3) is 0 Å². The van der Waals surface area contributed by atoms with E-state index in [-0.39, 0.29) is 23.9 Å². The number of benzene rings is 1. The second-order valence-corrected chi connectivity index (χ2v) is 9.50. The highest BCUT2D eigenvalue weighted by molar-refractivity contribution is 7.89. The van der Waals surface area contributed by atoms with Crippen LogP contribution >= 0.6 is 0 Å². The van der Waals surface area contributed by atoms with Gasteiger partial charge >= 0.3 is 5.97 Å². The Hall–Kier alpha value is -1.93. The quantitative estimate of drug-likeness (QED) is 0.804. The van der Waals surface area contributed by atoms with E-state index in [9.17, 15) is 23.1 Å². The summed E-state index contributed by atoms with van der Waals surface area (Å²) >= 11 is 0.